The van der Waals surface area contributed by atoms with Crippen molar-refractivity contribution in [3.63, 3.8) is 0 Å². The van der Waals surface area contributed by atoms with E-state index >= 15 is 0 Å². The number of anilines is 1. The van der Waals surface area contributed by atoms with Crippen molar-refractivity contribution in [2.45, 2.75) is 12.0 Å². The minimum Gasteiger partial charge on any atom is -0.480 e. The molecule has 3 aromatic rings. The van der Waals surface area contributed by atoms with E-state index in [4.69, 9.17) is 23.4 Å². The Labute approximate surface area is 197 Å². The second-order valence-corrected chi connectivity index (χ2v) is 7.92. The summed E-state index contributed by atoms with van der Waals surface area (Å²) in [6.07, 6.45) is 0.257. The number of carbonyl (C=O) groups is 1. The summed E-state index contributed by atoms with van der Waals surface area (Å²) >= 11 is 0. The van der Waals surface area contributed by atoms with Gasteiger partial charge in [-0.25, -0.2) is 28.5 Å². The van der Waals surface area contributed by atoms with Crippen LogP contribution in [-0.4, -0.2) is 96.6 Å². The average Bonchev–Trinajstić information content (AvgIpc) is 3.44. The maximum atomic E-state index is 14.8. The first-order valence-electron chi connectivity index (χ1n) is 10.8. The number of furan rings is 1. The highest BCUT2D eigenvalue weighted by molar-refractivity contribution is 5.90. The monoisotopic (exact) mass is 492 g/mol. The van der Waals surface area contributed by atoms with Crippen molar-refractivity contribution in [3.8, 4) is 23.2 Å². The van der Waals surface area contributed by atoms with Crippen LogP contribution in [0.5, 0.6) is 11.9 Å². The maximum Gasteiger partial charge on any atom is 0.410 e. The smallest absolute Gasteiger partial charge is 0.410 e. The minimum atomic E-state index is -3.28. The van der Waals surface area contributed by atoms with E-state index in [2.05, 4.69) is 19.9 Å². The minimum absolute atomic E-state index is 0.110. The summed E-state index contributed by atoms with van der Waals surface area (Å²) in [5.41, 5.74) is 0.598. The molecular formula is C21H22F2N6O6. The van der Waals surface area contributed by atoms with Gasteiger partial charge >= 0.3 is 18.0 Å². The van der Waals surface area contributed by atoms with Crippen molar-refractivity contribution in [1.29, 1.82) is 0 Å². The second-order valence-electron chi connectivity index (χ2n) is 7.92. The lowest BCUT2D eigenvalue weighted by atomic mass is 10.2. The summed E-state index contributed by atoms with van der Waals surface area (Å²) in [5.74, 6) is -2.54. The lowest BCUT2D eigenvalue weighted by Crippen LogP contribution is -2.45. The first-order chi connectivity index (χ1) is 16.9. The molecule has 0 N–H and O–H groups in total. The molecule has 5 heterocycles. The highest BCUT2D eigenvalue weighted by atomic mass is 19.3. The zero-order chi connectivity index (χ0) is 24.6. The normalized spacial score (nSPS) is 19.7. The van der Waals surface area contributed by atoms with Gasteiger partial charge in [0.15, 0.2) is 6.10 Å². The number of alkyl halides is 2. The van der Waals surface area contributed by atoms with Crippen LogP contribution in [0, 0.1) is 0 Å². The Kier molecular flexibility index (Phi) is 5.96. The number of hydrogen-bond acceptors (Lipinski definition) is 11. The van der Waals surface area contributed by atoms with Gasteiger partial charge in [-0.05, 0) is 6.07 Å². The van der Waals surface area contributed by atoms with Crippen LogP contribution in [0.4, 0.5) is 19.4 Å². The largest absolute Gasteiger partial charge is 0.480 e. The standard InChI is InChI=1S/C21H22F2N6O6/c1-31-18-13(8-24-19(27-18)32-2)14-7-12-16(25-11-26-17(12)34-14)29-9-15(21(22,23)10-29)35-20(30)28-3-5-33-6-4-28/h7-8,11,15H,3-6,9-10H2,1-2H3. The quantitative estimate of drug-likeness (QED) is 0.519. The molecule has 12 nitrogen and oxygen atoms in total. The first kappa shape index (κ1) is 23.0. The van der Waals surface area contributed by atoms with Crippen LogP contribution in [0.1, 0.15) is 0 Å². The molecule has 2 fully saturated rings. The average molecular weight is 492 g/mol. The molecule has 1 atom stereocenters. The van der Waals surface area contributed by atoms with Crippen molar-refractivity contribution in [2.75, 3.05) is 58.5 Å². The molecule has 0 saturated carbocycles. The molecule has 0 aromatic carbocycles. The number of halogens is 2. The maximum absolute atomic E-state index is 14.8. The van der Waals surface area contributed by atoms with Crippen molar-refractivity contribution in [1.82, 2.24) is 24.8 Å². The number of ether oxygens (including phenoxy) is 4. The number of hydrogen-bond donors (Lipinski definition) is 0. The van der Waals surface area contributed by atoms with Crippen LogP contribution in [0.15, 0.2) is 23.0 Å². The molecular weight excluding hydrogens is 470 g/mol. The summed E-state index contributed by atoms with van der Waals surface area (Å²) in [5, 5.41) is 0.399. The van der Waals surface area contributed by atoms with Gasteiger partial charge in [0.25, 0.3) is 0 Å². The van der Waals surface area contributed by atoms with E-state index in [0.29, 0.717) is 43.0 Å². The Bertz CT molecular complexity index is 1230. The van der Waals surface area contributed by atoms with Crippen LogP contribution >= 0.6 is 0 Å². The van der Waals surface area contributed by atoms with Crippen LogP contribution in [-0.2, 0) is 9.47 Å². The highest BCUT2D eigenvalue weighted by Gasteiger charge is 2.52. The molecule has 2 saturated heterocycles. The highest BCUT2D eigenvalue weighted by Crippen LogP contribution is 2.39. The fourth-order valence-electron chi connectivity index (χ4n) is 3.98. The summed E-state index contributed by atoms with van der Waals surface area (Å²) in [6, 6.07) is 1.71. The number of carbonyl (C=O) groups excluding carboxylic acids is 1. The second kappa shape index (κ2) is 9.09. The fraction of sp³-hybridized carbons (Fsp3) is 0.476. The molecule has 14 heteroatoms. The molecule has 1 unspecified atom stereocenters. The number of fused-ring (bicyclic) bond motifs is 1. The molecule has 35 heavy (non-hydrogen) atoms. The number of aromatic nitrogens is 4. The van der Waals surface area contributed by atoms with Gasteiger partial charge in [-0.3, -0.25) is 0 Å². The number of rotatable bonds is 5. The van der Waals surface area contributed by atoms with Gasteiger partial charge in [0, 0.05) is 19.3 Å². The fourth-order valence-corrected chi connectivity index (χ4v) is 3.98. The van der Waals surface area contributed by atoms with Crippen molar-refractivity contribution in [2.24, 2.45) is 0 Å². The molecule has 0 spiro atoms. The van der Waals surface area contributed by atoms with E-state index in [1.54, 1.807) is 6.07 Å². The van der Waals surface area contributed by atoms with Crippen molar-refractivity contribution in [3.05, 3.63) is 18.6 Å². The molecule has 3 aromatic heterocycles. The van der Waals surface area contributed by atoms with E-state index in [1.165, 1.54) is 36.5 Å². The zero-order valence-corrected chi connectivity index (χ0v) is 18.9. The van der Waals surface area contributed by atoms with Gasteiger partial charge in [0.2, 0.25) is 11.6 Å². The van der Waals surface area contributed by atoms with Gasteiger partial charge in [0.05, 0.1) is 51.5 Å². The SMILES string of the molecule is COc1ncc(-c2cc3c(N4CC(OC(=O)N5CCOCC5)C(F)(F)C4)ncnc3o2)c(OC)n1. The number of morpholine rings is 1. The zero-order valence-electron chi connectivity index (χ0n) is 18.9. The van der Waals surface area contributed by atoms with Gasteiger partial charge in [-0.15, -0.1) is 0 Å². The first-order valence-corrected chi connectivity index (χ1v) is 10.8. The number of nitrogens with zero attached hydrogens (tertiary/aromatic N) is 6. The Morgan fingerprint density at radius 3 is 2.71 bits per heavy atom. The van der Waals surface area contributed by atoms with Crippen LogP contribution in [0.25, 0.3) is 22.4 Å². The van der Waals surface area contributed by atoms with E-state index < -0.39 is 24.7 Å². The lowest BCUT2D eigenvalue weighted by Gasteiger charge is -2.28. The van der Waals surface area contributed by atoms with Gasteiger partial charge < -0.3 is 33.2 Å². The Balaban J connectivity index is 1.41. The predicted molar refractivity (Wildman–Crippen MR) is 116 cm³/mol. The molecule has 1 amide bonds. The molecule has 186 valence electrons. The molecule has 0 bridgehead atoms. The molecule has 2 aliphatic rings. The topological polar surface area (TPSA) is 125 Å². The molecule has 5 rings (SSSR count). The third-order valence-electron chi connectivity index (χ3n) is 5.75. The summed E-state index contributed by atoms with van der Waals surface area (Å²) in [7, 11) is 2.86. The third-order valence-corrected chi connectivity index (χ3v) is 5.75. The van der Waals surface area contributed by atoms with E-state index in [9.17, 15) is 13.6 Å². The lowest BCUT2D eigenvalue weighted by molar-refractivity contribution is -0.0865. The summed E-state index contributed by atoms with van der Waals surface area (Å²) in [6.45, 7) is 0.343. The number of amides is 1. The predicted octanol–water partition coefficient (Wildman–Crippen LogP) is 1.99. The Hall–Kier alpha value is -3.81. The summed E-state index contributed by atoms with van der Waals surface area (Å²) < 4.78 is 56.2. The van der Waals surface area contributed by atoms with Crippen LogP contribution < -0.4 is 14.4 Å². The van der Waals surface area contributed by atoms with Crippen molar-refractivity contribution >= 4 is 23.0 Å². The Morgan fingerprint density at radius 2 is 1.97 bits per heavy atom. The van der Waals surface area contributed by atoms with E-state index in [0.717, 1.165) is 0 Å². The van der Waals surface area contributed by atoms with E-state index in [1.807, 2.05) is 0 Å². The molecule has 0 aliphatic carbocycles. The number of methoxy groups -OCH3 is 2. The van der Waals surface area contributed by atoms with Gasteiger partial charge in [-0.2, -0.15) is 4.98 Å². The van der Waals surface area contributed by atoms with E-state index in [-0.39, 0.29) is 30.0 Å². The van der Waals surface area contributed by atoms with Crippen LogP contribution in [0.2, 0.25) is 0 Å². The third kappa shape index (κ3) is 4.36. The summed E-state index contributed by atoms with van der Waals surface area (Å²) in [4.78, 5) is 31.6. The van der Waals surface area contributed by atoms with Crippen LogP contribution in [0.3, 0.4) is 0 Å². The van der Waals surface area contributed by atoms with Gasteiger partial charge in [0.1, 0.15) is 17.9 Å². The van der Waals surface area contributed by atoms with Gasteiger partial charge in [-0.1, -0.05) is 0 Å². The van der Waals surface area contributed by atoms with Crippen molar-refractivity contribution < 1.29 is 36.9 Å². The Morgan fingerprint density at radius 1 is 1.17 bits per heavy atom. The molecule has 2 aliphatic heterocycles. The molecule has 0 radical (unpaired) electrons.